The minimum absolute atomic E-state index is 0.000925. The molecule has 33 heavy (non-hydrogen) atoms. The summed E-state index contributed by atoms with van der Waals surface area (Å²) in [5.74, 6) is -1.24. The summed E-state index contributed by atoms with van der Waals surface area (Å²) >= 11 is -2.77. The molecule has 0 bridgehead atoms. The Morgan fingerprint density at radius 2 is 2.12 bits per heavy atom. The molecule has 170 valence electrons. The highest BCUT2D eigenvalue weighted by Gasteiger charge is 2.45. The number of pyridine rings is 2. The van der Waals surface area contributed by atoms with E-state index in [9.17, 15) is 29.0 Å². The van der Waals surface area contributed by atoms with E-state index in [1.54, 1.807) is 6.92 Å². The summed E-state index contributed by atoms with van der Waals surface area (Å²) in [6.07, 6.45) is 0.000925. The Bertz CT molecular complexity index is 1480. The van der Waals surface area contributed by atoms with Gasteiger partial charge in [-0.15, -0.1) is 0 Å². The SMILES string of the molecule is CCC1(O)C(=O)OCc2c1cc1n(c2=O)Cc2cc3c([N+](=O)[O-])c(OS(=O)O)ccc3nc2-1. The summed E-state index contributed by atoms with van der Waals surface area (Å²) < 4.78 is 31.1. The fourth-order valence-electron chi connectivity index (χ4n) is 4.35. The maximum Gasteiger partial charge on any atom is 0.357 e. The van der Waals surface area contributed by atoms with Crippen LogP contribution in [0.15, 0.2) is 29.1 Å². The van der Waals surface area contributed by atoms with Crippen LogP contribution in [0, 0.1) is 10.1 Å². The topological polar surface area (TPSA) is 171 Å². The minimum Gasteiger partial charge on any atom is -0.458 e. The number of rotatable bonds is 4. The molecule has 0 radical (unpaired) electrons. The number of aromatic nitrogens is 2. The van der Waals surface area contributed by atoms with Crippen molar-refractivity contribution in [3.05, 3.63) is 61.4 Å². The molecule has 1 aromatic carbocycles. The van der Waals surface area contributed by atoms with Gasteiger partial charge in [-0.05, 0) is 30.7 Å². The Morgan fingerprint density at radius 3 is 2.79 bits per heavy atom. The number of fused-ring (bicyclic) bond motifs is 5. The van der Waals surface area contributed by atoms with Crippen LogP contribution in [0.1, 0.15) is 30.0 Å². The molecular formula is C20H15N3O9S. The molecule has 0 fully saturated rings. The Morgan fingerprint density at radius 1 is 1.36 bits per heavy atom. The summed E-state index contributed by atoms with van der Waals surface area (Å²) in [6, 6.07) is 5.56. The molecule has 2 aromatic heterocycles. The largest absolute Gasteiger partial charge is 0.458 e. The highest BCUT2D eigenvalue weighted by atomic mass is 32.2. The summed E-state index contributed by atoms with van der Waals surface area (Å²) in [5, 5.41) is 22.7. The average molecular weight is 473 g/mol. The molecule has 2 unspecified atom stereocenters. The number of cyclic esters (lactones) is 1. The van der Waals surface area contributed by atoms with Crippen LogP contribution in [-0.4, -0.2) is 34.3 Å². The first kappa shape index (κ1) is 21.2. The first-order chi connectivity index (χ1) is 15.7. The third-order valence-electron chi connectivity index (χ3n) is 5.97. The van der Waals surface area contributed by atoms with Crippen molar-refractivity contribution in [1.82, 2.24) is 9.55 Å². The zero-order valence-electron chi connectivity index (χ0n) is 16.9. The first-order valence-electron chi connectivity index (χ1n) is 9.73. The third-order valence-corrected chi connectivity index (χ3v) is 6.29. The molecule has 0 saturated heterocycles. The van der Waals surface area contributed by atoms with Crippen LogP contribution in [0.25, 0.3) is 22.3 Å². The molecule has 0 aliphatic carbocycles. The molecule has 12 nitrogen and oxygen atoms in total. The van der Waals surface area contributed by atoms with Gasteiger partial charge in [0.1, 0.15) is 6.61 Å². The molecule has 3 aromatic rings. The number of nitro benzene ring substituents is 1. The van der Waals surface area contributed by atoms with Crippen molar-refractivity contribution in [1.29, 1.82) is 0 Å². The second kappa shape index (κ2) is 7.16. The fourth-order valence-corrected chi connectivity index (χ4v) is 4.64. The van der Waals surface area contributed by atoms with Crippen molar-refractivity contribution in [2.24, 2.45) is 0 Å². The van der Waals surface area contributed by atoms with Crippen molar-refractivity contribution in [2.45, 2.75) is 32.1 Å². The summed E-state index contributed by atoms with van der Waals surface area (Å²) in [7, 11) is 0. The van der Waals surface area contributed by atoms with Crippen molar-refractivity contribution in [2.75, 3.05) is 0 Å². The second-order valence-corrected chi connectivity index (χ2v) is 8.24. The van der Waals surface area contributed by atoms with Gasteiger partial charge < -0.3 is 18.6 Å². The zero-order valence-corrected chi connectivity index (χ0v) is 17.7. The Hall–Kier alpha value is -3.68. The van der Waals surface area contributed by atoms with E-state index in [-0.39, 0.29) is 41.6 Å². The van der Waals surface area contributed by atoms with Gasteiger partial charge >= 0.3 is 23.0 Å². The van der Waals surface area contributed by atoms with Crippen molar-refractivity contribution in [3.8, 4) is 17.1 Å². The summed E-state index contributed by atoms with van der Waals surface area (Å²) in [5.41, 5.74) is -1.23. The van der Waals surface area contributed by atoms with Gasteiger partial charge in [-0.3, -0.25) is 19.5 Å². The van der Waals surface area contributed by atoms with E-state index < -0.39 is 44.9 Å². The predicted molar refractivity (Wildman–Crippen MR) is 113 cm³/mol. The lowest BCUT2D eigenvalue weighted by Crippen LogP contribution is -2.44. The number of nitrogens with zero attached hydrogens (tertiary/aromatic N) is 3. The minimum atomic E-state index is -2.77. The number of esters is 1. The van der Waals surface area contributed by atoms with Crippen molar-refractivity contribution < 1.29 is 32.5 Å². The molecule has 0 spiro atoms. The summed E-state index contributed by atoms with van der Waals surface area (Å²) in [4.78, 5) is 40.8. The molecule has 5 rings (SSSR count). The molecule has 2 aliphatic rings. The highest BCUT2D eigenvalue weighted by Crippen LogP contribution is 2.41. The van der Waals surface area contributed by atoms with Crippen molar-refractivity contribution in [3.63, 3.8) is 0 Å². The number of aliphatic hydroxyl groups is 1. The molecule has 13 heteroatoms. The normalized spacial score (nSPS) is 19.4. The van der Waals surface area contributed by atoms with Crippen LogP contribution in [-0.2, 0) is 39.6 Å². The lowest BCUT2D eigenvalue weighted by atomic mass is 9.86. The molecule has 4 heterocycles. The zero-order chi connectivity index (χ0) is 23.7. The summed E-state index contributed by atoms with van der Waals surface area (Å²) in [6.45, 7) is 1.37. The quantitative estimate of drug-likeness (QED) is 0.191. The molecule has 2 N–H and O–H groups in total. The molecule has 0 saturated carbocycles. The van der Waals surface area contributed by atoms with Crippen LogP contribution in [0.3, 0.4) is 0 Å². The number of carbonyl (C=O) groups excluding carboxylic acids is 1. The lowest BCUT2D eigenvalue weighted by molar-refractivity contribution is -0.383. The van der Waals surface area contributed by atoms with Gasteiger partial charge in [-0.2, -0.15) is 4.21 Å². The van der Waals surface area contributed by atoms with E-state index in [2.05, 4.69) is 9.17 Å². The van der Waals surface area contributed by atoms with Gasteiger partial charge in [0.05, 0.1) is 39.3 Å². The van der Waals surface area contributed by atoms with Gasteiger partial charge in [0.2, 0.25) is 5.75 Å². The highest BCUT2D eigenvalue weighted by molar-refractivity contribution is 7.74. The Balaban J connectivity index is 1.76. The molecule has 2 atom stereocenters. The van der Waals surface area contributed by atoms with E-state index >= 15 is 0 Å². The fraction of sp³-hybridized carbons (Fsp3) is 0.250. The predicted octanol–water partition coefficient (Wildman–Crippen LogP) is 1.50. The van der Waals surface area contributed by atoms with E-state index in [0.29, 0.717) is 17.0 Å². The number of benzene rings is 1. The molecular weight excluding hydrogens is 458 g/mol. The first-order valence-corrected chi connectivity index (χ1v) is 10.8. The van der Waals surface area contributed by atoms with Gasteiger partial charge in [-0.1, -0.05) is 6.92 Å². The van der Waals surface area contributed by atoms with Crippen LogP contribution >= 0.6 is 0 Å². The van der Waals surface area contributed by atoms with Crippen molar-refractivity contribution >= 4 is 33.9 Å². The number of ether oxygens (including phenoxy) is 1. The number of hydrogen-bond donors (Lipinski definition) is 2. The van der Waals surface area contributed by atoms with Crippen LogP contribution < -0.4 is 9.74 Å². The van der Waals surface area contributed by atoms with Gasteiger partial charge in [0.25, 0.3) is 5.56 Å². The van der Waals surface area contributed by atoms with E-state index in [1.165, 1.54) is 22.8 Å². The van der Waals surface area contributed by atoms with Gasteiger partial charge in [0.15, 0.2) is 5.60 Å². The smallest absolute Gasteiger partial charge is 0.357 e. The Labute approximate surface area is 187 Å². The lowest BCUT2D eigenvalue weighted by Gasteiger charge is -2.31. The third kappa shape index (κ3) is 2.97. The van der Waals surface area contributed by atoms with E-state index in [4.69, 9.17) is 9.29 Å². The number of nitro groups is 1. The van der Waals surface area contributed by atoms with Crippen LogP contribution in [0.2, 0.25) is 0 Å². The maximum atomic E-state index is 13.2. The standard InChI is InChI=1S/C20H15N3O9S/c1-2-20(26)12-6-14-16-9(7-22(14)18(24)11(12)8-31-19(20)25)5-10-13(21-16)3-4-15(32-33(29)30)17(10)23(27)28/h3-6,26H,2,7-8H2,1H3,(H,29,30). The van der Waals surface area contributed by atoms with E-state index in [0.717, 1.165) is 6.07 Å². The van der Waals surface area contributed by atoms with Gasteiger partial charge in [-0.25, -0.2) is 9.78 Å². The van der Waals surface area contributed by atoms with Crippen LogP contribution in [0.5, 0.6) is 5.75 Å². The molecule has 2 aliphatic heterocycles. The second-order valence-electron chi connectivity index (χ2n) is 7.64. The average Bonchev–Trinajstić information content (AvgIpc) is 3.12. The Kier molecular flexibility index (Phi) is 4.60. The number of carbonyl (C=O) groups is 1. The monoisotopic (exact) mass is 473 g/mol. The van der Waals surface area contributed by atoms with Crippen LogP contribution in [0.4, 0.5) is 5.69 Å². The van der Waals surface area contributed by atoms with Gasteiger partial charge in [0, 0.05) is 11.1 Å². The molecule has 0 amide bonds. The number of hydrogen-bond acceptors (Lipinski definition) is 9. The maximum absolute atomic E-state index is 13.2. The van der Waals surface area contributed by atoms with E-state index in [1.807, 2.05) is 0 Å².